The molecule has 0 saturated heterocycles. The Morgan fingerprint density at radius 3 is 2.62 bits per heavy atom. The van der Waals surface area contributed by atoms with Gasteiger partial charge in [-0.05, 0) is 38.8 Å². The molecule has 0 bridgehead atoms. The Morgan fingerprint density at radius 1 is 1.24 bits per heavy atom. The number of thiophene rings is 1. The van der Waals surface area contributed by atoms with Crippen LogP contribution in [0.15, 0.2) is 23.8 Å². The molecule has 1 N–H and O–H groups in total. The van der Waals surface area contributed by atoms with Crippen molar-refractivity contribution in [3.8, 4) is 0 Å². The van der Waals surface area contributed by atoms with Gasteiger partial charge in [0.15, 0.2) is 0 Å². The Balaban J connectivity index is 1.72. The first-order valence-electron chi connectivity index (χ1n) is 9.16. The second-order valence-corrected chi connectivity index (χ2v) is 8.97. The van der Waals surface area contributed by atoms with E-state index in [1.807, 2.05) is 20.8 Å². The monoisotopic (exact) mass is 423 g/mol. The number of pyridine rings is 1. The highest BCUT2D eigenvalue weighted by Crippen LogP contribution is 2.31. The first kappa shape index (κ1) is 21.2. The zero-order valence-corrected chi connectivity index (χ0v) is 17.5. The summed E-state index contributed by atoms with van der Waals surface area (Å²) in [7, 11) is 0. The molecule has 2 aromatic rings. The SMILES string of the molecule is CC(C)(C)OC(=O)N1CCc2c(C(=O)Nc3cncc(C(C)(F)F)c3)csc2C1. The second-order valence-electron chi connectivity index (χ2n) is 8.01. The molecule has 0 aliphatic carbocycles. The van der Waals surface area contributed by atoms with Gasteiger partial charge in [0.05, 0.1) is 24.0 Å². The van der Waals surface area contributed by atoms with Crippen molar-refractivity contribution in [1.29, 1.82) is 0 Å². The van der Waals surface area contributed by atoms with Gasteiger partial charge >= 0.3 is 6.09 Å². The van der Waals surface area contributed by atoms with Gasteiger partial charge in [-0.1, -0.05) is 0 Å². The van der Waals surface area contributed by atoms with E-state index in [0.717, 1.165) is 23.6 Å². The van der Waals surface area contributed by atoms with Crippen molar-refractivity contribution in [3.63, 3.8) is 0 Å². The van der Waals surface area contributed by atoms with Crippen LogP contribution in [0.4, 0.5) is 19.3 Å². The zero-order valence-electron chi connectivity index (χ0n) is 16.7. The molecule has 2 amide bonds. The van der Waals surface area contributed by atoms with Gasteiger partial charge in [0, 0.05) is 35.5 Å². The minimum absolute atomic E-state index is 0.208. The predicted octanol–water partition coefficient (Wildman–Crippen LogP) is 4.80. The number of amides is 2. The fraction of sp³-hybridized carbons (Fsp3) is 0.450. The van der Waals surface area contributed by atoms with Crippen molar-refractivity contribution in [2.45, 2.75) is 52.2 Å². The minimum Gasteiger partial charge on any atom is -0.444 e. The summed E-state index contributed by atoms with van der Waals surface area (Å²) in [5, 5.41) is 4.37. The third kappa shape index (κ3) is 5.09. The number of hydrogen-bond donors (Lipinski definition) is 1. The lowest BCUT2D eigenvalue weighted by molar-refractivity contribution is 0.0170. The van der Waals surface area contributed by atoms with Crippen LogP contribution < -0.4 is 5.32 Å². The van der Waals surface area contributed by atoms with Crippen LogP contribution in [0.5, 0.6) is 0 Å². The minimum atomic E-state index is -3.04. The molecule has 0 saturated carbocycles. The number of ether oxygens (including phenoxy) is 1. The maximum absolute atomic E-state index is 13.5. The Labute approximate surface area is 171 Å². The number of halogens is 2. The molecule has 3 rings (SSSR count). The number of aromatic nitrogens is 1. The quantitative estimate of drug-likeness (QED) is 0.770. The van der Waals surface area contributed by atoms with Crippen LogP contribution in [0.25, 0.3) is 0 Å². The van der Waals surface area contributed by atoms with Crippen LogP contribution in [0.1, 0.15) is 54.1 Å². The Hall–Kier alpha value is -2.55. The summed E-state index contributed by atoms with van der Waals surface area (Å²) in [5.74, 6) is -3.42. The number of rotatable bonds is 3. The Kier molecular flexibility index (Phi) is 5.62. The third-order valence-electron chi connectivity index (χ3n) is 4.35. The lowest BCUT2D eigenvalue weighted by Crippen LogP contribution is -2.39. The molecule has 3 heterocycles. The molecule has 2 aromatic heterocycles. The molecule has 0 atom stereocenters. The highest BCUT2D eigenvalue weighted by Gasteiger charge is 2.29. The molecule has 0 unspecified atom stereocenters. The van der Waals surface area contributed by atoms with Crippen LogP contribution in [0.2, 0.25) is 0 Å². The van der Waals surface area contributed by atoms with Crippen LogP contribution in [-0.2, 0) is 23.6 Å². The number of carbonyl (C=O) groups excluding carboxylic acids is 2. The lowest BCUT2D eigenvalue weighted by atomic mass is 10.0. The van der Waals surface area contributed by atoms with Crippen LogP contribution in [0.3, 0.4) is 0 Å². The fourth-order valence-corrected chi connectivity index (χ4v) is 4.04. The predicted molar refractivity (Wildman–Crippen MR) is 106 cm³/mol. The normalized spacial score (nSPS) is 14.3. The number of fused-ring (bicyclic) bond motifs is 1. The summed E-state index contributed by atoms with van der Waals surface area (Å²) >= 11 is 1.39. The van der Waals surface area contributed by atoms with Crippen LogP contribution in [-0.4, -0.2) is 34.0 Å². The van der Waals surface area contributed by atoms with Crippen molar-refractivity contribution in [1.82, 2.24) is 9.88 Å². The fourth-order valence-electron chi connectivity index (χ4n) is 2.95. The van der Waals surface area contributed by atoms with Crippen LogP contribution >= 0.6 is 11.3 Å². The van der Waals surface area contributed by atoms with Gasteiger partial charge in [0.1, 0.15) is 5.60 Å². The molecule has 29 heavy (non-hydrogen) atoms. The number of hydrogen-bond acceptors (Lipinski definition) is 5. The van der Waals surface area contributed by atoms with Gasteiger partial charge < -0.3 is 15.0 Å². The molecule has 0 aromatic carbocycles. The average Bonchev–Trinajstić information content (AvgIpc) is 3.03. The summed E-state index contributed by atoms with van der Waals surface area (Å²) in [4.78, 5) is 31.3. The lowest BCUT2D eigenvalue weighted by Gasteiger charge is -2.30. The Morgan fingerprint density at radius 2 is 1.97 bits per heavy atom. The molecule has 6 nitrogen and oxygen atoms in total. The summed E-state index contributed by atoms with van der Waals surface area (Å²) in [6.45, 7) is 7.03. The number of anilines is 1. The maximum Gasteiger partial charge on any atom is 0.410 e. The topological polar surface area (TPSA) is 71.5 Å². The van der Waals surface area contributed by atoms with Crippen molar-refractivity contribution in [2.24, 2.45) is 0 Å². The van der Waals surface area contributed by atoms with Crippen molar-refractivity contribution in [2.75, 3.05) is 11.9 Å². The van der Waals surface area contributed by atoms with E-state index < -0.39 is 11.5 Å². The van der Waals surface area contributed by atoms with Gasteiger partial charge in [-0.2, -0.15) is 0 Å². The number of nitrogens with zero attached hydrogens (tertiary/aromatic N) is 2. The largest absolute Gasteiger partial charge is 0.444 e. The smallest absolute Gasteiger partial charge is 0.410 e. The number of alkyl halides is 2. The van der Waals surface area contributed by atoms with Crippen molar-refractivity contribution < 1.29 is 23.1 Å². The van der Waals surface area contributed by atoms with Gasteiger partial charge in [-0.3, -0.25) is 9.78 Å². The van der Waals surface area contributed by atoms with Gasteiger partial charge in [0.25, 0.3) is 11.8 Å². The highest BCUT2D eigenvalue weighted by molar-refractivity contribution is 7.10. The summed E-state index contributed by atoms with van der Waals surface area (Å²) in [6.07, 6.45) is 2.54. The van der Waals surface area contributed by atoms with E-state index in [1.54, 1.807) is 10.3 Å². The second kappa shape index (κ2) is 7.70. The highest BCUT2D eigenvalue weighted by atomic mass is 32.1. The van der Waals surface area contributed by atoms with Crippen molar-refractivity contribution in [3.05, 3.63) is 45.4 Å². The Bertz CT molecular complexity index is 932. The van der Waals surface area contributed by atoms with Gasteiger partial charge in [-0.15, -0.1) is 11.3 Å². The zero-order chi connectivity index (χ0) is 21.4. The van der Waals surface area contributed by atoms with Gasteiger partial charge in [0.2, 0.25) is 0 Å². The summed E-state index contributed by atoms with van der Waals surface area (Å²) < 4.78 is 32.4. The maximum atomic E-state index is 13.5. The molecule has 0 spiro atoms. The third-order valence-corrected chi connectivity index (χ3v) is 5.36. The van der Waals surface area contributed by atoms with E-state index in [2.05, 4.69) is 10.3 Å². The van der Waals surface area contributed by atoms with E-state index in [4.69, 9.17) is 4.74 Å². The van der Waals surface area contributed by atoms with E-state index >= 15 is 0 Å². The molecule has 156 valence electrons. The molecular weight excluding hydrogens is 400 g/mol. The molecule has 0 radical (unpaired) electrons. The van der Waals surface area contributed by atoms with E-state index in [0.29, 0.717) is 25.1 Å². The van der Waals surface area contributed by atoms with E-state index in [1.165, 1.54) is 23.6 Å². The first-order valence-corrected chi connectivity index (χ1v) is 10.0. The standard InChI is InChI=1S/C20H23F2N3O3S/c1-19(2,3)28-18(27)25-6-5-14-15(11-29-16(14)10-25)17(26)24-13-7-12(8-23-9-13)20(4,21)22/h7-9,11H,5-6,10H2,1-4H3,(H,24,26). The van der Waals surface area contributed by atoms with E-state index in [-0.39, 0.29) is 23.3 Å². The molecule has 9 heteroatoms. The van der Waals surface area contributed by atoms with E-state index in [9.17, 15) is 18.4 Å². The van der Waals surface area contributed by atoms with Gasteiger partial charge in [-0.25, -0.2) is 13.6 Å². The first-order chi connectivity index (χ1) is 13.4. The molecular formula is C20H23F2N3O3S. The molecule has 1 aliphatic heterocycles. The number of carbonyl (C=O) groups is 2. The molecule has 0 fully saturated rings. The van der Waals surface area contributed by atoms with Crippen molar-refractivity contribution >= 4 is 29.0 Å². The summed E-state index contributed by atoms with van der Waals surface area (Å²) in [6, 6.07) is 1.22. The van der Waals surface area contributed by atoms with Crippen LogP contribution in [0, 0.1) is 0 Å². The number of nitrogens with one attached hydrogen (secondary N) is 1. The summed E-state index contributed by atoms with van der Waals surface area (Å²) in [5.41, 5.74) is 0.728. The molecule has 1 aliphatic rings. The average molecular weight is 423 g/mol.